The lowest BCUT2D eigenvalue weighted by Gasteiger charge is -2.28. The summed E-state index contributed by atoms with van der Waals surface area (Å²) in [5.74, 6) is -0.828. The number of rotatable bonds is 13. The average Bonchev–Trinajstić information content (AvgIpc) is 3.39. The highest BCUT2D eigenvalue weighted by Crippen LogP contribution is 2.39. The number of nitrogens with zero attached hydrogens (tertiary/aromatic N) is 2. The lowest BCUT2D eigenvalue weighted by atomic mass is 9.81. The maximum atomic E-state index is 13.9. The first kappa shape index (κ1) is 31.8. The van der Waals surface area contributed by atoms with Gasteiger partial charge < -0.3 is 21.3 Å². The molecule has 0 spiro atoms. The van der Waals surface area contributed by atoms with E-state index in [1.54, 1.807) is 19.2 Å². The Morgan fingerprint density at radius 1 is 1.26 bits per heavy atom. The number of hydrogen-bond acceptors (Lipinski definition) is 7. The summed E-state index contributed by atoms with van der Waals surface area (Å²) in [7, 11) is 1.58. The molecule has 1 aromatic heterocycles. The van der Waals surface area contributed by atoms with Gasteiger partial charge in [0.2, 0.25) is 0 Å². The van der Waals surface area contributed by atoms with E-state index >= 15 is 0 Å². The van der Waals surface area contributed by atoms with E-state index in [-0.39, 0.29) is 11.7 Å². The number of nitrogens with one attached hydrogen (secondary N) is 1. The fourth-order valence-corrected chi connectivity index (χ4v) is 6.21. The molecule has 11 heteroatoms. The molecule has 224 valence electrons. The van der Waals surface area contributed by atoms with E-state index in [1.807, 2.05) is 47.2 Å². The van der Waals surface area contributed by atoms with Crippen LogP contribution in [0.1, 0.15) is 37.9 Å². The molecule has 0 bridgehead atoms. The van der Waals surface area contributed by atoms with Crippen LogP contribution in [0.5, 0.6) is 5.75 Å². The van der Waals surface area contributed by atoms with Crippen molar-refractivity contribution in [2.45, 2.75) is 43.6 Å². The number of carbonyl (C=O) groups is 1. The van der Waals surface area contributed by atoms with Crippen LogP contribution in [0.3, 0.4) is 0 Å². The van der Waals surface area contributed by atoms with Gasteiger partial charge in [-0.05, 0) is 72.8 Å². The van der Waals surface area contributed by atoms with Crippen LogP contribution in [0.15, 0.2) is 77.6 Å². The molecule has 42 heavy (non-hydrogen) atoms. The molecule has 0 aliphatic heterocycles. The van der Waals surface area contributed by atoms with E-state index < -0.39 is 23.6 Å². The zero-order chi connectivity index (χ0) is 30.4. The largest absolute Gasteiger partial charge is 0.495 e. The third-order valence-corrected chi connectivity index (χ3v) is 8.82. The van der Waals surface area contributed by atoms with Crippen LogP contribution >= 0.6 is 23.4 Å². The molecular formula is C31H37ClFN5O3S. The number of carboxylic acid groups (broad SMARTS) is 1. The maximum Gasteiger partial charge on any atom is 0.310 e. The summed E-state index contributed by atoms with van der Waals surface area (Å²) in [4.78, 5) is 16.9. The predicted octanol–water partition coefficient (Wildman–Crippen LogP) is 5.48. The van der Waals surface area contributed by atoms with Crippen molar-refractivity contribution in [1.29, 1.82) is 0 Å². The highest BCUT2D eigenvalue weighted by molar-refractivity contribution is 7.99. The van der Waals surface area contributed by atoms with E-state index in [0.29, 0.717) is 34.6 Å². The monoisotopic (exact) mass is 613 g/mol. The lowest BCUT2D eigenvalue weighted by molar-refractivity contribution is -0.141. The molecule has 6 N–H and O–H groups in total. The van der Waals surface area contributed by atoms with Gasteiger partial charge in [0, 0.05) is 16.9 Å². The molecule has 2 atom stereocenters. The molecule has 2 aromatic carbocycles. The number of benzene rings is 2. The Labute approximate surface area is 255 Å². The third kappa shape index (κ3) is 7.43. The fourth-order valence-electron chi connectivity index (χ4n) is 5.07. The molecule has 1 aliphatic rings. The number of methoxy groups -OCH3 is 1. The van der Waals surface area contributed by atoms with Gasteiger partial charge in [0.1, 0.15) is 17.9 Å². The topological polar surface area (TPSA) is 128 Å². The van der Waals surface area contributed by atoms with E-state index in [9.17, 15) is 14.3 Å². The number of aromatic nitrogens is 2. The Kier molecular flexibility index (Phi) is 10.5. The molecule has 0 saturated heterocycles. The maximum absolute atomic E-state index is 13.9. The van der Waals surface area contributed by atoms with Crippen LogP contribution < -0.4 is 21.5 Å². The first-order chi connectivity index (χ1) is 20.0. The summed E-state index contributed by atoms with van der Waals surface area (Å²) in [6.07, 6.45) is 8.50. The van der Waals surface area contributed by atoms with E-state index in [1.165, 1.54) is 23.9 Å². The van der Waals surface area contributed by atoms with E-state index in [4.69, 9.17) is 32.8 Å². The van der Waals surface area contributed by atoms with Crippen molar-refractivity contribution in [2.24, 2.45) is 23.3 Å². The van der Waals surface area contributed by atoms with Gasteiger partial charge in [-0.25, -0.2) is 9.37 Å². The second-order valence-electron chi connectivity index (χ2n) is 10.8. The van der Waals surface area contributed by atoms with Crippen LogP contribution in [0, 0.1) is 17.7 Å². The smallest absolute Gasteiger partial charge is 0.310 e. The second kappa shape index (κ2) is 13.9. The number of ether oxygens (including phenoxy) is 1. The summed E-state index contributed by atoms with van der Waals surface area (Å²) in [5.41, 5.74) is 14.1. The number of nitrogens with two attached hydrogens (primary N) is 2. The Hall–Kier alpha value is -3.15. The van der Waals surface area contributed by atoms with Gasteiger partial charge in [0.25, 0.3) is 0 Å². The predicted molar refractivity (Wildman–Crippen MR) is 166 cm³/mol. The zero-order valence-corrected chi connectivity index (χ0v) is 25.5. The lowest BCUT2D eigenvalue weighted by Crippen LogP contribution is -2.45. The molecule has 0 saturated carbocycles. The van der Waals surface area contributed by atoms with Gasteiger partial charge >= 0.3 is 5.97 Å². The first-order valence-corrected chi connectivity index (χ1v) is 15.0. The summed E-state index contributed by atoms with van der Waals surface area (Å²) < 4.78 is 21.3. The Morgan fingerprint density at radius 3 is 2.67 bits per heavy atom. The van der Waals surface area contributed by atoms with Gasteiger partial charge in [0.15, 0.2) is 5.16 Å². The summed E-state index contributed by atoms with van der Waals surface area (Å²) >= 11 is 7.79. The van der Waals surface area contributed by atoms with E-state index in [2.05, 4.69) is 19.2 Å². The van der Waals surface area contributed by atoms with Gasteiger partial charge in [-0.15, -0.1) is 0 Å². The highest BCUT2D eigenvalue weighted by atomic mass is 35.5. The van der Waals surface area contributed by atoms with Gasteiger partial charge in [-0.1, -0.05) is 61.5 Å². The minimum absolute atomic E-state index is 0.114. The molecule has 1 aliphatic carbocycles. The number of halogens is 2. The summed E-state index contributed by atoms with van der Waals surface area (Å²) in [6, 6.07) is 12.0. The van der Waals surface area contributed by atoms with Crippen molar-refractivity contribution in [3.05, 3.63) is 94.6 Å². The molecule has 0 radical (unpaired) electrons. The standard InChI is InChI=1S/C31H37ClFN5O3S/c1-31(2,21-8-13-25(32)26(16-21)41-3)27-17-37-30(38(27)23-11-9-22(33)10-12-23)42-18-19-6-7-20(24(15-19)28(39)40)5-4-14-36-29(34)35/h6-13,15-17,20,24,29,36H,4-5,14,18,34-35H2,1-3H3,(H,39,40). The Morgan fingerprint density at radius 2 is 2.00 bits per heavy atom. The number of allylic oxidation sites excluding steroid dienone is 2. The molecule has 8 nitrogen and oxygen atoms in total. The number of thioether (sulfide) groups is 1. The van der Waals surface area contributed by atoms with Crippen molar-refractivity contribution >= 4 is 29.3 Å². The highest BCUT2D eigenvalue weighted by Gasteiger charge is 2.31. The van der Waals surface area contributed by atoms with Crippen LogP contribution in [0.4, 0.5) is 4.39 Å². The van der Waals surface area contributed by atoms with Crippen LogP contribution in [-0.2, 0) is 10.2 Å². The summed E-state index contributed by atoms with van der Waals surface area (Å²) in [6.45, 7) is 4.79. The van der Waals surface area contributed by atoms with Crippen LogP contribution in [-0.4, -0.2) is 46.3 Å². The molecule has 1 heterocycles. The van der Waals surface area contributed by atoms with Crippen molar-refractivity contribution in [1.82, 2.24) is 14.9 Å². The number of aliphatic carboxylic acids is 1. The molecule has 3 aromatic rings. The third-order valence-electron chi connectivity index (χ3n) is 7.49. The van der Waals surface area contributed by atoms with Gasteiger partial charge in [0.05, 0.1) is 29.9 Å². The number of carboxylic acids is 1. The van der Waals surface area contributed by atoms with Crippen molar-refractivity contribution < 1.29 is 19.0 Å². The summed E-state index contributed by atoms with van der Waals surface area (Å²) in [5, 5.41) is 14.1. The first-order valence-electron chi connectivity index (χ1n) is 13.7. The average molecular weight is 614 g/mol. The van der Waals surface area contributed by atoms with Crippen molar-refractivity contribution in [3.63, 3.8) is 0 Å². The van der Waals surface area contributed by atoms with Crippen molar-refractivity contribution in [2.75, 3.05) is 19.4 Å². The van der Waals surface area contributed by atoms with Gasteiger partial charge in [-0.2, -0.15) is 0 Å². The molecular weight excluding hydrogens is 577 g/mol. The number of imidazole rings is 1. The SMILES string of the molecule is COc1cc(C(C)(C)c2cnc(SCC3=CC(C(=O)O)C(CCCNC(N)N)C=C3)n2-c2ccc(F)cc2)ccc1Cl. The molecule has 0 amide bonds. The fraction of sp³-hybridized carbons (Fsp3) is 0.355. The minimum atomic E-state index is -0.856. The molecule has 0 fully saturated rings. The Balaban J connectivity index is 1.60. The quantitative estimate of drug-likeness (QED) is 0.113. The van der Waals surface area contributed by atoms with Crippen LogP contribution in [0.2, 0.25) is 5.02 Å². The van der Waals surface area contributed by atoms with Crippen molar-refractivity contribution in [3.8, 4) is 11.4 Å². The Bertz CT molecular complexity index is 1460. The minimum Gasteiger partial charge on any atom is -0.495 e. The second-order valence-corrected chi connectivity index (χ2v) is 12.1. The molecule has 2 unspecified atom stereocenters. The number of hydrogen-bond donors (Lipinski definition) is 4. The van der Waals surface area contributed by atoms with Crippen LogP contribution in [0.25, 0.3) is 5.69 Å². The zero-order valence-electron chi connectivity index (χ0n) is 23.9. The normalized spacial score (nSPS) is 17.0. The van der Waals surface area contributed by atoms with E-state index in [0.717, 1.165) is 28.9 Å². The van der Waals surface area contributed by atoms with Gasteiger partial charge in [-0.3, -0.25) is 14.7 Å². The molecule has 4 rings (SSSR count).